The van der Waals surface area contributed by atoms with Gasteiger partial charge in [0, 0.05) is 5.41 Å². The summed E-state index contributed by atoms with van der Waals surface area (Å²) in [5.41, 5.74) is 0.245. The number of allylic oxidation sites excluding steroid dienone is 2. The van der Waals surface area contributed by atoms with Crippen LogP contribution in [0.15, 0.2) is 12.2 Å². The number of quaternary nitrogens is 1. The summed E-state index contributed by atoms with van der Waals surface area (Å²) in [4.78, 5) is 0. The van der Waals surface area contributed by atoms with Crippen LogP contribution >= 0.6 is 0 Å². The lowest BCUT2D eigenvalue weighted by molar-refractivity contribution is -0.877. The maximum absolute atomic E-state index is 6.83. The molecule has 5 atom stereocenters. The molecule has 22 heavy (non-hydrogen) atoms. The molecule has 0 N–H and O–H groups in total. The molecule has 0 unspecified atom stereocenters. The summed E-state index contributed by atoms with van der Waals surface area (Å²) in [6.07, 6.45) is 14.0. The number of hydrogen-bond acceptors (Lipinski definition) is 1. The zero-order valence-corrected chi connectivity index (χ0v) is 15.3. The molecule has 3 aliphatic rings. The summed E-state index contributed by atoms with van der Waals surface area (Å²) >= 11 is 0. The first kappa shape index (κ1) is 16.5. The normalized spacial score (nSPS) is 39.2. The van der Waals surface area contributed by atoms with E-state index in [1.54, 1.807) is 0 Å². The quantitative estimate of drug-likeness (QED) is 0.559. The fourth-order valence-corrected chi connectivity index (χ4v) is 5.79. The van der Waals surface area contributed by atoms with Crippen LogP contribution in [0, 0.1) is 23.2 Å². The highest BCUT2D eigenvalue weighted by Gasteiger charge is 2.51. The van der Waals surface area contributed by atoms with Crippen molar-refractivity contribution in [1.29, 1.82) is 0 Å². The number of fused-ring (bicyclic) bond motifs is 3. The molecular formula is C20H36NO+. The SMILES string of the molecule is CC(C)(C[N+](C)(C)C)[C@@H]1O[C@@H]2CCCC[C@@H]2[C@@H]2C=CCC[C@H]21. The summed E-state index contributed by atoms with van der Waals surface area (Å²) in [5, 5.41) is 0. The van der Waals surface area contributed by atoms with Gasteiger partial charge in [-0.15, -0.1) is 0 Å². The van der Waals surface area contributed by atoms with Crippen molar-refractivity contribution in [2.24, 2.45) is 23.2 Å². The van der Waals surface area contributed by atoms with E-state index in [-0.39, 0.29) is 5.41 Å². The van der Waals surface area contributed by atoms with Crippen molar-refractivity contribution in [1.82, 2.24) is 0 Å². The molecule has 126 valence electrons. The molecule has 3 rings (SSSR count). The van der Waals surface area contributed by atoms with Gasteiger partial charge < -0.3 is 9.22 Å². The van der Waals surface area contributed by atoms with Crippen molar-refractivity contribution in [2.75, 3.05) is 27.7 Å². The van der Waals surface area contributed by atoms with E-state index in [4.69, 9.17) is 4.74 Å². The minimum atomic E-state index is 0.245. The van der Waals surface area contributed by atoms with Crippen molar-refractivity contribution in [2.45, 2.75) is 64.6 Å². The van der Waals surface area contributed by atoms with E-state index in [2.05, 4.69) is 47.1 Å². The van der Waals surface area contributed by atoms with Crippen molar-refractivity contribution >= 4 is 0 Å². The van der Waals surface area contributed by atoms with Crippen LogP contribution in [0.1, 0.15) is 52.4 Å². The molecular weight excluding hydrogens is 270 g/mol. The van der Waals surface area contributed by atoms with Crippen molar-refractivity contribution in [3.8, 4) is 0 Å². The lowest BCUT2D eigenvalue weighted by atomic mass is 9.61. The Hall–Kier alpha value is -0.340. The molecule has 2 aliphatic carbocycles. The average molecular weight is 307 g/mol. The Labute approximate surface area is 137 Å². The maximum atomic E-state index is 6.83. The maximum Gasteiger partial charge on any atom is 0.0857 e. The van der Waals surface area contributed by atoms with Gasteiger partial charge in [-0.25, -0.2) is 0 Å². The smallest absolute Gasteiger partial charge is 0.0857 e. The Kier molecular flexibility index (Phi) is 4.46. The highest BCUT2D eigenvalue weighted by molar-refractivity contribution is 5.08. The standard InChI is InChI=1S/C20H36NO/c1-20(2,14-21(3,4)5)19-17-12-7-6-10-15(17)16-11-8-9-13-18(16)22-19/h6,10,15-19H,7-9,11-14H2,1-5H3/q+1/t15-,16+,17+,18+,19+/m0/s1. The van der Waals surface area contributed by atoms with E-state index in [1.807, 2.05) is 0 Å². The van der Waals surface area contributed by atoms with Gasteiger partial charge in [0.2, 0.25) is 0 Å². The zero-order valence-electron chi connectivity index (χ0n) is 15.3. The predicted octanol–water partition coefficient (Wildman–Crippen LogP) is 4.26. The van der Waals surface area contributed by atoms with E-state index >= 15 is 0 Å². The summed E-state index contributed by atoms with van der Waals surface area (Å²) in [6.45, 7) is 6.07. The lowest BCUT2D eigenvalue weighted by Crippen LogP contribution is -2.57. The number of ether oxygens (including phenoxy) is 1. The van der Waals surface area contributed by atoms with Crippen LogP contribution in [0.2, 0.25) is 0 Å². The first-order valence-electron chi connectivity index (χ1n) is 9.40. The van der Waals surface area contributed by atoms with Gasteiger partial charge in [0.25, 0.3) is 0 Å². The van der Waals surface area contributed by atoms with E-state index in [9.17, 15) is 0 Å². The molecule has 0 bridgehead atoms. The summed E-state index contributed by atoms with van der Waals surface area (Å²) in [5.74, 6) is 2.32. The molecule has 0 amide bonds. The average Bonchev–Trinajstić information content (AvgIpc) is 2.44. The van der Waals surface area contributed by atoms with E-state index < -0.39 is 0 Å². The highest BCUT2D eigenvalue weighted by atomic mass is 16.5. The molecule has 2 fully saturated rings. The van der Waals surface area contributed by atoms with Crippen LogP contribution in [-0.2, 0) is 4.74 Å². The monoisotopic (exact) mass is 306 g/mol. The first-order chi connectivity index (χ1) is 10.3. The second kappa shape index (κ2) is 5.94. The fourth-order valence-electron chi connectivity index (χ4n) is 5.79. The van der Waals surface area contributed by atoms with Gasteiger partial charge in [0.05, 0.1) is 39.9 Å². The molecule has 0 spiro atoms. The third-order valence-corrected chi connectivity index (χ3v) is 6.13. The Bertz CT molecular complexity index is 420. The summed E-state index contributed by atoms with van der Waals surface area (Å²) < 4.78 is 7.85. The number of rotatable bonds is 3. The molecule has 0 aromatic rings. The summed E-state index contributed by atoms with van der Waals surface area (Å²) in [7, 11) is 6.94. The van der Waals surface area contributed by atoms with E-state index in [0.29, 0.717) is 12.2 Å². The second-order valence-corrected chi connectivity index (χ2v) is 9.73. The Morgan fingerprint density at radius 1 is 1.05 bits per heavy atom. The van der Waals surface area contributed by atoms with Gasteiger partial charge in [-0.3, -0.25) is 0 Å². The van der Waals surface area contributed by atoms with Crippen LogP contribution in [0.5, 0.6) is 0 Å². The van der Waals surface area contributed by atoms with E-state index in [0.717, 1.165) is 22.2 Å². The van der Waals surface area contributed by atoms with Crippen LogP contribution in [-0.4, -0.2) is 44.4 Å². The Morgan fingerprint density at radius 2 is 1.77 bits per heavy atom. The van der Waals surface area contributed by atoms with Crippen molar-refractivity contribution < 1.29 is 9.22 Å². The van der Waals surface area contributed by atoms with Crippen LogP contribution in [0.25, 0.3) is 0 Å². The minimum Gasteiger partial charge on any atom is -0.374 e. The molecule has 0 aromatic carbocycles. The lowest BCUT2D eigenvalue weighted by Gasteiger charge is -2.54. The second-order valence-electron chi connectivity index (χ2n) is 9.73. The molecule has 1 saturated carbocycles. The van der Waals surface area contributed by atoms with Crippen LogP contribution < -0.4 is 0 Å². The Morgan fingerprint density at radius 3 is 2.50 bits per heavy atom. The zero-order chi connectivity index (χ0) is 16.0. The largest absolute Gasteiger partial charge is 0.374 e. The number of nitrogens with zero attached hydrogens (tertiary/aromatic N) is 1. The fraction of sp³-hybridized carbons (Fsp3) is 0.900. The minimum absolute atomic E-state index is 0.245. The molecule has 1 aliphatic heterocycles. The predicted molar refractivity (Wildman–Crippen MR) is 92.7 cm³/mol. The topological polar surface area (TPSA) is 9.23 Å². The van der Waals surface area contributed by atoms with Gasteiger partial charge in [0.1, 0.15) is 0 Å². The molecule has 2 nitrogen and oxygen atoms in total. The van der Waals surface area contributed by atoms with Crippen LogP contribution in [0.4, 0.5) is 0 Å². The Balaban J connectivity index is 1.85. The third-order valence-electron chi connectivity index (χ3n) is 6.13. The molecule has 2 heteroatoms. The summed E-state index contributed by atoms with van der Waals surface area (Å²) in [6, 6.07) is 0. The highest BCUT2D eigenvalue weighted by Crippen LogP contribution is 2.50. The van der Waals surface area contributed by atoms with Crippen molar-refractivity contribution in [3.05, 3.63) is 12.2 Å². The van der Waals surface area contributed by atoms with Gasteiger partial charge in [0.15, 0.2) is 0 Å². The van der Waals surface area contributed by atoms with Crippen LogP contribution in [0.3, 0.4) is 0 Å². The molecule has 1 heterocycles. The van der Waals surface area contributed by atoms with Gasteiger partial charge in [-0.2, -0.15) is 0 Å². The van der Waals surface area contributed by atoms with Gasteiger partial charge in [-0.1, -0.05) is 38.8 Å². The molecule has 1 saturated heterocycles. The van der Waals surface area contributed by atoms with Gasteiger partial charge in [-0.05, 0) is 43.4 Å². The van der Waals surface area contributed by atoms with Gasteiger partial charge >= 0.3 is 0 Å². The van der Waals surface area contributed by atoms with E-state index in [1.165, 1.54) is 45.1 Å². The molecule has 0 aromatic heterocycles. The van der Waals surface area contributed by atoms with Crippen molar-refractivity contribution in [3.63, 3.8) is 0 Å². The third kappa shape index (κ3) is 3.28. The molecule has 0 radical (unpaired) electrons. The first-order valence-corrected chi connectivity index (χ1v) is 9.40. The number of hydrogen-bond donors (Lipinski definition) is 0.